The van der Waals surface area contributed by atoms with E-state index in [1.807, 2.05) is 0 Å². The van der Waals surface area contributed by atoms with Crippen molar-refractivity contribution < 1.29 is 66.2 Å². The van der Waals surface area contributed by atoms with Gasteiger partial charge in [0.05, 0.1) is 0 Å². The van der Waals surface area contributed by atoms with E-state index in [0.29, 0.717) is 6.92 Å². The van der Waals surface area contributed by atoms with Crippen LogP contribution in [0, 0.1) is 0 Å². The summed E-state index contributed by atoms with van der Waals surface area (Å²) in [5, 5.41) is 0. The van der Waals surface area contributed by atoms with Crippen LogP contribution >= 0.6 is 0 Å². The number of halogens is 14. The summed E-state index contributed by atoms with van der Waals surface area (Å²) in [4.78, 5) is 0. The van der Waals surface area contributed by atoms with Gasteiger partial charge in [-0.2, -0.15) is 39.5 Å². The van der Waals surface area contributed by atoms with Crippen molar-refractivity contribution in [3.8, 4) is 0 Å². The van der Waals surface area contributed by atoms with Crippen molar-refractivity contribution in [3.05, 3.63) is 0 Å². The molecule has 0 spiro atoms. The van der Waals surface area contributed by atoms with Gasteiger partial charge in [-0.1, -0.05) is 6.92 Å². The lowest BCUT2D eigenvalue weighted by molar-refractivity contribution is -0.444. The van der Waals surface area contributed by atoms with Gasteiger partial charge in [0.15, 0.2) is 0 Å². The molecule has 0 bridgehead atoms. The summed E-state index contributed by atoms with van der Waals surface area (Å²) in [6.07, 6.45) is -29.2. The van der Waals surface area contributed by atoms with Crippen LogP contribution in [-0.4, -0.2) is 48.8 Å². The molecule has 0 aliphatic rings. The zero-order valence-electron chi connectivity index (χ0n) is 11.7. The van der Waals surface area contributed by atoms with Crippen LogP contribution in [0.2, 0.25) is 0 Å². The first-order chi connectivity index (χ1) is 10.7. The van der Waals surface area contributed by atoms with E-state index in [1.165, 1.54) is 0 Å². The second-order valence-corrected chi connectivity index (χ2v) is 4.70. The molecular weight excluding hydrogens is 402 g/mol. The SMILES string of the molecule is CCC(F)(F)COC(F)(C(F)C(F)(F)F)C(F)(C(F)(F)F)C(F)(F)F. The van der Waals surface area contributed by atoms with Crippen LogP contribution < -0.4 is 0 Å². The summed E-state index contributed by atoms with van der Waals surface area (Å²) in [7, 11) is 0. The Bertz CT molecular complexity index is 434. The second kappa shape index (κ2) is 6.61. The van der Waals surface area contributed by atoms with Crippen LogP contribution in [0.4, 0.5) is 61.5 Å². The third kappa shape index (κ3) is 4.39. The Morgan fingerprint density at radius 1 is 0.720 bits per heavy atom. The van der Waals surface area contributed by atoms with E-state index >= 15 is 0 Å². The van der Waals surface area contributed by atoms with Gasteiger partial charge in [0.2, 0.25) is 0 Å². The fraction of sp³-hybridized carbons (Fsp3) is 1.00. The molecule has 25 heavy (non-hydrogen) atoms. The number of hydrogen-bond donors (Lipinski definition) is 0. The summed E-state index contributed by atoms with van der Waals surface area (Å²) < 4.78 is 180. The molecule has 0 aromatic rings. The molecule has 2 atom stereocenters. The molecular formula is C10H8F14O. The second-order valence-electron chi connectivity index (χ2n) is 4.70. The molecule has 152 valence electrons. The van der Waals surface area contributed by atoms with Crippen molar-refractivity contribution in [1.82, 2.24) is 0 Å². The van der Waals surface area contributed by atoms with E-state index in [2.05, 4.69) is 4.74 Å². The molecule has 0 aliphatic carbocycles. The highest BCUT2D eigenvalue weighted by molar-refractivity contribution is 5.10. The molecule has 2 unspecified atom stereocenters. The normalized spacial score (nSPS) is 18.8. The topological polar surface area (TPSA) is 9.23 Å². The van der Waals surface area contributed by atoms with Crippen LogP contribution in [-0.2, 0) is 4.74 Å². The van der Waals surface area contributed by atoms with E-state index in [9.17, 15) is 61.5 Å². The molecule has 0 radical (unpaired) electrons. The number of ether oxygens (including phenoxy) is 1. The zero-order chi connectivity index (χ0) is 20.7. The molecule has 0 aromatic heterocycles. The number of rotatable bonds is 6. The lowest BCUT2D eigenvalue weighted by atomic mass is 9.90. The van der Waals surface area contributed by atoms with Crippen LogP contribution in [0.25, 0.3) is 0 Å². The highest BCUT2D eigenvalue weighted by atomic mass is 19.4. The zero-order valence-corrected chi connectivity index (χ0v) is 11.7. The van der Waals surface area contributed by atoms with Crippen molar-refractivity contribution in [3.63, 3.8) is 0 Å². The molecule has 0 aliphatic heterocycles. The maximum Gasteiger partial charge on any atom is 0.437 e. The van der Waals surface area contributed by atoms with Crippen LogP contribution in [0.3, 0.4) is 0 Å². The fourth-order valence-electron chi connectivity index (χ4n) is 1.42. The molecule has 1 nitrogen and oxygen atoms in total. The minimum Gasteiger partial charge on any atom is -0.334 e. The van der Waals surface area contributed by atoms with Gasteiger partial charge < -0.3 is 4.74 Å². The first kappa shape index (κ1) is 24.0. The van der Waals surface area contributed by atoms with Crippen LogP contribution in [0.5, 0.6) is 0 Å². The Labute approximate surface area is 129 Å². The van der Waals surface area contributed by atoms with E-state index < -0.39 is 55.2 Å². The first-order valence-electron chi connectivity index (χ1n) is 5.91. The predicted molar refractivity (Wildman–Crippen MR) is 51.9 cm³/mol. The molecule has 0 rings (SSSR count). The van der Waals surface area contributed by atoms with Crippen LogP contribution in [0.1, 0.15) is 13.3 Å². The molecule has 0 amide bonds. The minimum atomic E-state index is -7.59. The summed E-state index contributed by atoms with van der Waals surface area (Å²) in [6, 6.07) is 0. The number of hydrogen-bond acceptors (Lipinski definition) is 1. The Morgan fingerprint density at radius 3 is 1.32 bits per heavy atom. The molecule has 0 N–H and O–H groups in total. The third-order valence-electron chi connectivity index (χ3n) is 2.87. The summed E-state index contributed by atoms with van der Waals surface area (Å²) in [5.74, 6) is -11.4. The highest BCUT2D eigenvalue weighted by Gasteiger charge is 2.88. The summed E-state index contributed by atoms with van der Waals surface area (Å²) in [6.45, 7) is -2.34. The highest BCUT2D eigenvalue weighted by Crippen LogP contribution is 2.58. The summed E-state index contributed by atoms with van der Waals surface area (Å²) >= 11 is 0. The van der Waals surface area contributed by atoms with Gasteiger partial charge in [-0.05, 0) is 0 Å². The fourth-order valence-corrected chi connectivity index (χ4v) is 1.42. The maximum absolute atomic E-state index is 13.9. The molecule has 0 saturated carbocycles. The lowest BCUT2D eigenvalue weighted by Gasteiger charge is -2.42. The smallest absolute Gasteiger partial charge is 0.334 e. The largest absolute Gasteiger partial charge is 0.437 e. The molecule has 15 heteroatoms. The Hall–Kier alpha value is -1.02. The number of alkyl halides is 14. The Balaban J connectivity index is 6.46. The minimum absolute atomic E-state index is 0.538. The van der Waals surface area contributed by atoms with Crippen molar-refractivity contribution in [2.75, 3.05) is 6.61 Å². The third-order valence-corrected chi connectivity index (χ3v) is 2.87. The van der Waals surface area contributed by atoms with Gasteiger partial charge in [0.1, 0.15) is 6.61 Å². The quantitative estimate of drug-likeness (QED) is 0.530. The predicted octanol–water partition coefficient (Wildman–Crippen LogP) is 5.45. The first-order valence-corrected chi connectivity index (χ1v) is 5.91. The van der Waals surface area contributed by atoms with Gasteiger partial charge in [-0.25, -0.2) is 22.0 Å². The van der Waals surface area contributed by atoms with Crippen molar-refractivity contribution in [1.29, 1.82) is 0 Å². The van der Waals surface area contributed by atoms with Crippen molar-refractivity contribution in [2.45, 2.75) is 55.5 Å². The molecule has 0 fully saturated rings. The molecule has 0 heterocycles. The van der Waals surface area contributed by atoms with E-state index in [4.69, 9.17) is 0 Å². The van der Waals surface area contributed by atoms with Gasteiger partial charge >= 0.3 is 30.1 Å². The molecule has 0 saturated heterocycles. The van der Waals surface area contributed by atoms with E-state index in [0.717, 1.165) is 0 Å². The summed E-state index contributed by atoms with van der Waals surface area (Å²) in [5.41, 5.74) is -7.59. The van der Waals surface area contributed by atoms with E-state index in [-0.39, 0.29) is 0 Å². The van der Waals surface area contributed by atoms with Gasteiger partial charge in [-0.3, -0.25) is 0 Å². The maximum atomic E-state index is 13.9. The lowest BCUT2D eigenvalue weighted by Crippen LogP contribution is -2.72. The Kier molecular flexibility index (Phi) is 6.34. The van der Waals surface area contributed by atoms with Crippen LogP contribution in [0.15, 0.2) is 0 Å². The monoisotopic (exact) mass is 410 g/mol. The molecule has 0 aromatic carbocycles. The van der Waals surface area contributed by atoms with Gasteiger partial charge in [0, 0.05) is 6.42 Å². The van der Waals surface area contributed by atoms with E-state index in [1.54, 1.807) is 0 Å². The van der Waals surface area contributed by atoms with Crippen molar-refractivity contribution in [2.24, 2.45) is 0 Å². The van der Waals surface area contributed by atoms with Crippen molar-refractivity contribution >= 4 is 0 Å². The average molecular weight is 410 g/mol. The Morgan fingerprint density at radius 2 is 1.08 bits per heavy atom. The average Bonchev–Trinajstić information content (AvgIpc) is 2.39. The van der Waals surface area contributed by atoms with Gasteiger partial charge in [-0.15, -0.1) is 0 Å². The standard InChI is InChI=1S/C10H8F14O/c1-2-5(12,13)3-25-6(14,4(11)7(15,16)17)8(18,9(19,20)21)10(22,23)24/h4H,2-3H2,1H3. The van der Waals surface area contributed by atoms with Gasteiger partial charge in [0.25, 0.3) is 12.1 Å².